The standard InChI is InChI=1S/C38H20N4OS.Pt/c1-3-9-32-26(7-1)27-15-13-24(20-34(27)42(32)37-11-5-6-16-39-37)43-23-12-14-25-29-22-36-30(28-8-2-4-10-35(28)44-36)21-33(29)41-18-17-40-38(41)31(25)19-23;/h1-18,21-22H;/q-2;+2. The fourth-order valence-electron chi connectivity index (χ4n) is 6.57. The third-order valence-corrected chi connectivity index (χ3v) is 9.62. The normalized spacial score (nSPS) is 11.8. The molecule has 0 radical (unpaired) electrons. The smallest absolute Gasteiger partial charge is 0.503 e. The second-order valence-corrected chi connectivity index (χ2v) is 12.0. The quantitative estimate of drug-likeness (QED) is 0.133. The maximum absolute atomic E-state index is 6.45. The molecule has 5 aromatic heterocycles. The van der Waals surface area contributed by atoms with Crippen LogP contribution in [-0.2, 0) is 21.1 Å². The number of imidazole rings is 1. The van der Waals surface area contributed by atoms with Gasteiger partial charge in [0.25, 0.3) is 0 Å². The Morgan fingerprint density at radius 3 is 2.29 bits per heavy atom. The number of benzene rings is 5. The predicted octanol–water partition coefficient (Wildman–Crippen LogP) is 9.89. The van der Waals surface area contributed by atoms with E-state index in [0.717, 1.165) is 49.6 Å². The minimum absolute atomic E-state index is 0. The van der Waals surface area contributed by atoms with Gasteiger partial charge in [0.2, 0.25) is 0 Å². The second kappa shape index (κ2) is 10.00. The first-order valence-electron chi connectivity index (χ1n) is 14.4. The van der Waals surface area contributed by atoms with Gasteiger partial charge in [0.1, 0.15) is 5.82 Å². The molecule has 0 atom stereocenters. The molecule has 10 rings (SSSR count). The number of hydrogen-bond donors (Lipinski definition) is 0. The summed E-state index contributed by atoms with van der Waals surface area (Å²) in [4.78, 5) is 9.38. The van der Waals surface area contributed by atoms with Crippen LogP contribution in [0.1, 0.15) is 0 Å². The minimum atomic E-state index is 0. The van der Waals surface area contributed by atoms with E-state index in [0.29, 0.717) is 11.5 Å². The van der Waals surface area contributed by atoms with Gasteiger partial charge >= 0.3 is 21.1 Å². The summed E-state index contributed by atoms with van der Waals surface area (Å²) in [6.45, 7) is 0. The van der Waals surface area contributed by atoms with E-state index in [1.807, 2.05) is 66.3 Å². The summed E-state index contributed by atoms with van der Waals surface area (Å²) in [6, 6.07) is 42.8. The summed E-state index contributed by atoms with van der Waals surface area (Å²) in [7, 11) is 0. The molecule has 0 amide bonds. The third kappa shape index (κ3) is 3.89. The molecule has 45 heavy (non-hydrogen) atoms. The average molecular weight is 776 g/mol. The predicted molar refractivity (Wildman–Crippen MR) is 179 cm³/mol. The molecule has 0 saturated heterocycles. The zero-order chi connectivity index (χ0) is 28.8. The van der Waals surface area contributed by atoms with E-state index >= 15 is 0 Å². The first kappa shape index (κ1) is 26.4. The van der Waals surface area contributed by atoms with Gasteiger partial charge < -0.3 is 13.7 Å². The summed E-state index contributed by atoms with van der Waals surface area (Å²) in [5.74, 6) is 2.06. The number of pyridine rings is 2. The first-order valence-corrected chi connectivity index (χ1v) is 15.2. The molecule has 7 heteroatoms. The molecule has 0 aliphatic heterocycles. The second-order valence-electron chi connectivity index (χ2n) is 10.9. The van der Waals surface area contributed by atoms with Gasteiger partial charge in [-0.3, -0.25) is 4.98 Å². The molecule has 0 N–H and O–H groups in total. The van der Waals surface area contributed by atoms with Crippen LogP contribution in [0.15, 0.2) is 122 Å². The van der Waals surface area contributed by atoms with Crippen LogP contribution >= 0.6 is 11.3 Å². The summed E-state index contributed by atoms with van der Waals surface area (Å²) in [5.41, 5.74) is 3.97. The number of fused-ring (bicyclic) bond motifs is 12. The van der Waals surface area contributed by atoms with Crippen molar-refractivity contribution in [2.24, 2.45) is 0 Å². The number of thiophene rings is 1. The molecule has 0 unspecified atom stereocenters. The van der Waals surface area contributed by atoms with Gasteiger partial charge in [-0.15, -0.1) is 41.0 Å². The van der Waals surface area contributed by atoms with Crippen LogP contribution in [0.25, 0.3) is 75.1 Å². The van der Waals surface area contributed by atoms with Crippen LogP contribution in [0.2, 0.25) is 0 Å². The Balaban J connectivity index is 0.00000281. The van der Waals surface area contributed by atoms with Crippen LogP contribution in [0.5, 0.6) is 11.5 Å². The largest absolute Gasteiger partial charge is 2.00 e. The Labute approximate surface area is 275 Å². The molecule has 0 spiro atoms. The maximum Gasteiger partial charge on any atom is 2.00 e. The zero-order valence-electron chi connectivity index (χ0n) is 23.5. The molecule has 0 saturated carbocycles. The molecule has 0 aliphatic carbocycles. The van der Waals surface area contributed by atoms with Gasteiger partial charge in [0, 0.05) is 61.3 Å². The molecular formula is C38H20N4OPtS. The molecule has 5 aromatic carbocycles. The van der Waals surface area contributed by atoms with Crippen molar-refractivity contribution in [1.82, 2.24) is 18.9 Å². The van der Waals surface area contributed by atoms with E-state index in [-0.39, 0.29) is 21.1 Å². The minimum Gasteiger partial charge on any atom is -0.503 e. The number of nitrogens with zero attached hydrogens (tertiary/aromatic N) is 4. The van der Waals surface area contributed by atoms with Gasteiger partial charge in [-0.1, -0.05) is 64.8 Å². The molecule has 0 bridgehead atoms. The van der Waals surface area contributed by atoms with E-state index < -0.39 is 0 Å². The van der Waals surface area contributed by atoms with Gasteiger partial charge in [0.05, 0.1) is 5.65 Å². The van der Waals surface area contributed by atoms with Gasteiger partial charge in [0.15, 0.2) is 0 Å². The number of aromatic nitrogens is 4. The van der Waals surface area contributed by atoms with Crippen molar-refractivity contribution in [3.8, 4) is 17.3 Å². The Kier molecular flexibility index (Phi) is 5.86. The van der Waals surface area contributed by atoms with Gasteiger partial charge in [-0.2, -0.15) is 6.07 Å². The summed E-state index contributed by atoms with van der Waals surface area (Å²) < 4.78 is 13.3. The summed E-state index contributed by atoms with van der Waals surface area (Å²) in [5, 5.41) is 7.98. The van der Waals surface area contributed by atoms with E-state index in [9.17, 15) is 0 Å². The average Bonchev–Trinajstić information content (AvgIpc) is 3.78. The van der Waals surface area contributed by atoms with E-state index in [1.165, 1.54) is 25.6 Å². The Hall–Kier alpha value is -5.03. The SMILES string of the molecule is [Pt+2].[c-]1c(Oc2[c-]c3c(cc2)c2ccccc2n3-c2ccccn2)ccc2c1c1nccn1c1cc3c(cc21)sc1ccccc13. The van der Waals surface area contributed by atoms with E-state index in [1.54, 1.807) is 0 Å². The zero-order valence-corrected chi connectivity index (χ0v) is 26.6. The Bertz CT molecular complexity index is 2760. The van der Waals surface area contributed by atoms with Crippen LogP contribution in [0.3, 0.4) is 0 Å². The first-order chi connectivity index (χ1) is 21.8. The van der Waals surface area contributed by atoms with Crippen molar-refractivity contribution < 1.29 is 25.8 Å². The molecule has 0 aliphatic rings. The van der Waals surface area contributed by atoms with Crippen molar-refractivity contribution in [3.05, 3.63) is 134 Å². The summed E-state index contributed by atoms with van der Waals surface area (Å²) in [6.07, 6.45) is 5.69. The van der Waals surface area contributed by atoms with Crippen LogP contribution in [0, 0.1) is 12.1 Å². The summed E-state index contributed by atoms with van der Waals surface area (Å²) >= 11 is 1.83. The molecular weight excluding hydrogens is 756 g/mol. The fraction of sp³-hybridized carbons (Fsp3) is 0. The van der Waals surface area contributed by atoms with E-state index in [4.69, 9.17) is 9.72 Å². The topological polar surface area (TPSA) is 44.3 Å². The van der Waals surface area contributed by atoms with Gasteiger partial charge in [-0.05, 0) is 47.2 Å². The Morgan fingerprint density at radius 1 is 0.600 bits per heavy atom. The number of hydrogen-bond acceptors (Lipinski definition) is 4. The number of para-hydroxylation sites is 1. The van der Waals surface area contributed by atoms with Crippen molar-refractivity contribution in [1.29, 1.82) is 0 Å². The maximum atomic E-state index is 6.45. The van der Waals surface area contributed by atoms with Crippen LogP contribution in [-0.4, -0.2) is 18.9 Å². The third-order valence-electron chi connectivity index (χ3n) is 8.48. The van der Waals surface area contributed by atoms with E-state index in [2.05, 4.69) is 92.8 Å². The number of ether oxygens (including phenoxy) is 1. The van der Waals surface area contributed by atoms with Gasteiger partial charge in [-0.25, -0.2) is 4.98 Å². The van der Waals surface area contributed by atoms with Crippen molar-refractivity contribution in [3.63, 3.8) is 0 Å². The van der Waals surface area contributed by atoms with Crippen LogP contribution in [0.4, 0.5) is 0 Å². The van der Waals surface area contributed by atoms with Crippen molar-refractivity contribution >= 4 is 80.6 Å². The van der Waals surface area contributed by atoms with Crippen molar-refractivity contribution in [2.45, 2.75) is 0 Å². The monoisotopic (exact) mass is 775 g/mol. The molecule has 5 nitrogen and oxygen atoms in total. The Morgan fingerprint density at radius 2 is 1.40 bits per heavy atom. The fourth-order valence-corrected chi connectivity index (χ4v) is 7.70. The molecule has 0 fully saturated rings. The number of rotatable bonds is 3. The molecule has 5 heterocycles. The molecule has 10 aromatic rings. The van der Waals surface area contributed by atoms with Crippen LogP contribution < -0.4 is 4.74 Å². The van der Waals surface area contributed by atoms with Crippen molar-refractivity contribution in [2.75, 3.05) is 0 Å². The molecule has 214 valence electrons.